The van der Waals surface area contributed by atoms with Crippen LogP contribution in [0.3, 0.4) is 0 Å². The summed E-state index contributed by atoms with van der Waals surface area (Å²) in [6, 6.07) is 8.07. The summed E-state index contributed by atoms with van der Waals surface area (Å²) in [5.41, 5.74) is -2.00. The summed E-state index contributed by atoms with van der Waals surface area (Å²) in [4.78, 5) is 23.2. The molecule has 8 nitrogen and oxygen atoms in total. The molecule has 0 aliphatic rings. The fraction of sp³-hybridized carbons (Fsp3) is 0.600. The van der Waals surface area contributed by atoms with Crippen LogP contribution in [0.15, 0.2) is 12.2 Å². The first-order chi connectivity index (χ1) is 13.5. The topological polar surface area (TPSA) is 148 Å². The third-order valence-corrected chi connectivity index (χ3v) is 4.62. The lowest BCUT2D eigenvalue weighted by atomic mass is 9.73. The highest BCUT2D eigenvalue weighted by molar-refractivity contribution is 5.79. The van der Waals surface area contributed by atoms with E-state index in [0.29, 0.717) is 19.3 Å². The first-order valence-electron chi connectivity index (χ1n) is 8.81. The quantitative estimate of drug-likeness (QED) is 0.252. The van der Waals surface area contributed by atoms with Crippen molar-refractivity contribution < 1.29 is 19.1 Å². The Morgan fingerprint density at radius 2 is 1.32 bits per heavy atom. The second-order valence-electron chi connectivity index (χ2n) is 6.38. The number of nitriles is 4. The summed E-state index contributed by atoms with van der Waals surface area (Å²) in [7, 11) is 1.23. The van der Waals surface area contributed by atoms with Crippen molar-refractivity contribution in [3.63, 3.8) is 0 Å². The molecule has 0 aromatic rings. The third-order valence-electron chi connectivity index (χ3n) is 4.62. The summed E-state index contributed by atoms with van der Waals surface area (Å²) in [5, 5.41) is 35.9. The van der Waals surface area contributed by atoms with E-state index in [9.17, 15) is 9.59 Å². The van der Waals surface area contributed by atoms with Gasteiger partial charge in [-0.1, -0.05) is 12.2 Å². The van der Waals surface area contributed by atoms with Crippen LogP contribution >= 0.6 is 0 Å². The van der Waals surface area contributed by atoms with Gasteiger partial charge in [0.25, 0.3) is 6.47 Å². The van der Waals surface area contributed by atoms with Crippen LogP contribution in [-0.2, 0) is 19.1 Å². The second-order valence-corrected chi connectivity index (χ2v) is 6.38. The lowest BCUT2D eigenvalue weighted by molar-refractivity contribution is -0.150. The van der Waals surface area contributed by atoms with Crippen molar-refractivity contribution in [2.24, 2.45) is 10.8 Å². The Balaban J connectivity index is 6.12. The molecule has 28 heavy (non-hydrogen) atoms. The fourth-order valence-corrected chi connectivity index (χ4v) is 2.96. The molecule has 0 aliphatic carbocycles. The van der Waals surface area contributed by atoms with E-state index in [1.807, 2.05) is 24.3 Å². The van der Waals surface area contributed by atoms with Gasteiger partial charge in [-0.25, -0.2) is 0 Å². The van der Waals surface area contributed by atoms with E-state index in [-0.39, 0.29) is 45.1 Å². The molecular formula is C20H24N4O4. The molecule has 0 saturated heterocycles. The average molecular weight is 384 g/mol. The predicted molar refractivity (Wildman–Crippen MR) is 97.4 cm³/mol. The molecule has 0 unspecified atom stereocenters. The van der Waals surface area contributed by atoms with Gasteiger partial charge in [-0.3, -0.25) is 9.59 Å². The van der Waals surface area contributed by atoms with Gasteiger partial charge in [0.05, 0.1) is 36.8 Å². The molecule has 0 saturated carbocycles. The minimum absolute atomic E-state index is 0.0515. The van der Waals surface area contributed by atoms with Crippen LogP contribution in [0.25, 0.3) is 0 Å². The maximum Gasteiger partial charge on any atom is 0.315 e. The van der Waals surface area contributed by atoms with Crippen LogP contribution in [0.2, 0.25) is 0 Å². The van der Waals surface area contributed by atoms with Gasteiger partial charge in [0.15, 0.2) is 0 Å². The monoisotopic (exact) mass is 384 g/mol. The number of hydrogen-bond acceptors (Lipinski definition) is 8. The number of esters is 1. The molecule has 0 amide bonds. The zero-order valence-electron chi connectivity index (χ0n) is 16.0. The molecule has 0 spiro atoms. The van der Waals surface area contributed by atoms with Gasteiger partial charge in [-0.15, -0.1) is 0 Å². The Labute approximate surface area is 165 Å². The minimum atomic E-state index is -1.19. The molecule has 0 aliphatic heterocycles. The molecule has 0 radical (unpaired) electrons. The van der Waals surface area contributed by atoms with Gasteiger partial charge in [-0.05, 0) is 25.7 Å². The number of nitrogens with zero attached hydrogens (tertiary/aromatic N) is 4. The molecule has 0 heterocycles. The highest BCUT2D eigenvalue weighted by Gasteiger charge is 2.38. The zero-order valence-corrected chi connectivity index (χ0v) is 16.0. The van der Waals surface area contributed by atoms with Crippen LogP contribution in [-0.4, -0.2) is 26.2 Å². The smallest absolute Gasteiger partial charge is 0.315 e. The Morgan fingerprint density at radius 1 is 0.857 bits per heavy atom. The number of hydrogen-bond donors (Lipinski definition) is 0. The summed E-state index contributed by atoms with van der Waals surface area (Å²) in [6.07, 6.45) is 4.74. The molecule has 0 N–H and O–H groups in total. The van der Waals surface area contributed by atoms with Crippen molar-refractivity contribution in [1.29, 1.82) is 21.0 Å². The van der Waals surface area contributed by atoms with E-state index in [4.69, 9.17) is 30.5 Å². The van der Waals surface area contributed by atoms with Gasteiger partial charge in [0.2, 0.25) is 0 Å². The lowest BCUT2D eigenvalue weighted by Crippen LogP contribution is -2.32. The van der Waals surface area contributed by atoms with Gasteiger partial charge >= 0.3 is 5.97 Å². The molecule has 0 bridgehead atoms. The summed E-state index contributed by atoms with van der Waals surface area (Å²) in [5.74, 6) is -0.569. The Bertz CT molecular complexity index is 668. The number of carbonyl (C=O) groups excluding carboxylic acids is 2. The van der Waals surface area contributed by atoms with Gasteiger partial charge in [0.1, 0.15) is 6.61 Å². The van der Waals surface area contributed by atoms with Crippen LogP contribution in [0, 0.1) is 56.2 Å². The Morgan fingerprint density at radius 3 is 1.71 bits per heavy atom. The standard InChI is InChI=1S/C20H24N4O4/c1-27-18(26)20(8-4-14-23,9-5-15-24)11-10-19(6-2-12-21,7-3-13-22)16-28-17-25/h10-11,17H,2-9,16H2,1H3/b11-10+. The normalized spacial score (nSPS) is 10.9. The van der Waals surface area contributed by atoms with E-state index in [1.165, 1.54) is 7.11 Å². The van der Waals surface area contributed by atoms with E-state index < -0.39 is 16.8 Å². The summed E-state index contributed by atoms with van der Waals surface area (Å²) in [6.45, 7) is 0.240. The van der Waals surface area contributed by atoms with Crippen LogP contribution in [0.4, 0.5) is 0 Å². The highest BCUT2D eigenvalue weighted by Crippen LogP contribution is 2.38. The second kappa shape index (κ2) is 13.8. The first-order valence-corrected chi connectivity index (χ1v) is 8.81. The predicted octanol–water partition coefficient (Wildman–Crippen LogP) is 3.08. The molecule has 0 aromatic heterocycles. The number of rotatable bonds is 14. The van der Waals surface area contributed by atoms with E-state index in [0.717, 1.165) is 0 Å². The molecule has 148 valence electrons. The Kier molecular flexibility index (Phi) is 12.1. The van der Waals surface area contributed by atoms with Gasteiger partial charge in [0, 0.05) is 31.1 Å². The van der Waals surface area contributed by atoms with Crippen molar-refractivity contribution in [2.75, 3.05) is 13.7 Å². The van der Waals surface area contributed by atoms with Gasteiger partial charge in [-0.2, -0.15) is 21.0 Å². The van der Waals surface area contributed by atoms with Gasteiger partial charge < -0.3 is 9.47 Å². The van der Waals surface area contributed by atoms with Crippen LogP contribution in [0.5, 0.6) is 0 Å². The Hall–Kier alpha value is -3.36. The number of carbonyl (C=O) groups is 2. The minimum Gasteiger partial charge on any atom is -0.468 e. The molecule has 0 aromatic carbocycles. The van der Waals surface area contributed by atoms with Crippen LogP contribution in [0.1, 0.15) is 51.4 Å². The largest absolute Gasteiger partial charge is 0.468 e. The SMILES string of the molecule is COC(=O)C(/C=C/C(CCC#N)(CCC#N)COC=O)(CCC#N)CCC#N. The fourth-order valence-electron chi connectivity index (χ4n) is 2.96. The highest BCUT2D eigenvalue weighted by atomic mass is 16.5. The van der Waals surface area contributed by atoms with E-state index in [2.05, 4.69) is 0 Å². The molecule has 8 heteroatoms. The number of ether oxygens (including phenoxy) is 2. The maximum absolute atomic E-state index is 12.5. The van der Waals surface area contributed by atoms with E-state index in [1.54, 1.807) is 12.2 Å². The molecule has 0 rings (SSSR count). The summed E-state index contributed by atoms with van der Waals surface area (Å²) >= 11 is 0. The van der Waals surface area contributed by atoms with Crippen molar-refractivity contribution in [3.05, 3.63) is 12.2 Å². The average Bonchev–Trinajstić information content (AvgIpc) is 2.73. The van der Waals surface area contributed by atoms with E-state index >= 15 is 0 Å². The van der Waals surface area contributed by atoms with Crippen molar-refractivity contribution in [3.8, 4) is 24.3 Å². The first kappa shape index (κ1) is 24.6. The van der Waals surface area contributed by atoms with Crippen molar-refractivity contribution in [2.45, 2.75) is 51.4 Å². The van der Waals surface area contributed by atoms with Crippen LogP contribution < -0.4 is 0 Å². The summed E-state index contributed by atoms with van der Waals surface area (Å²) < 4.78 is 9.85. The number of methoxy groups -OCH3 is 1. The molecular weight excluding hydrogens is 360 g/mol. The zero-order chi connectivity index (χ0) is 21.3. The van der Waals surface area contributed by atoms with Crippen molar-refractivity contribution >= 4 is 12.4 Å². The van der Waals surface area contributed by atoms with Crippen molar-refractivity contribution in [1.82, 2.24) is 0 Å². The maximum atomic E-state index is 12.5. The lowest BCUT2D eigenvalue weighted by Gasteiger charge is -2.32. The third kappa shape index (κ3) is 7.90. The molecule has 0 atom stereocenters. The molecule has 0 fully saturated rings.